The summed E-state index contributed by atoms with van der Waals surface area (Å²) in [6, 6.07) is 5.44. The van der Waals surface area contributed by atoms with E-state index in [4.69, 9.17) is 9.47 Å². The molecule has 0 aliphatic heterocycles. The molecule has 0 aromatic heterocycles. The van der Waals surface area contributed by atoms with Gasteiger partial charge < -0.3 is 19.9 Å². The first-order valence-electron chi connectivity index (χ1n) is 6.25. The molecule has 1 aromatic carbocycles. The number of aliphatic hydroxyl groups excluding tert-OH is 1. The van der Waals surface area contributed by atoms with Gasteiger partial charge in [0.1, 0.15) is 11.5 Å². The summed E-state index contributed by atoms with van der Waals surface area (Å²) in [7, 11) is 3.18. The molecule has 1 fully saturated rings. The van der Waals surface area contributed by atoms with Crippen LogP contribution in [-0.4, -0.2) is 31.8 Å². The zero-order chi connectivity index (χ0) is 13.9. The molecule has 0 atom stereocenters. The standard InChI is InChI=1S/C14H19NO4/c1-18-11-3-4-12(19-2)10(7-11)8-15-13(17)14(9-16)5-6-14/h3-4,7,16H,5-6,8-9H2,1-2H3,(H,15,17). The average Bonchev–Trinajstić information content (AvgIpc) is 3.25. The average molecular weight is 265 g/mol. The Morgan fingerprint density at radius 3 is 2.63 bits per heavy atom. The zero-order valence-electron chi connectivity index (χ0n) is 11.2. The lowest BCUT2D eigenvalue weighted by Crippen LogP contribution is -2.33. The molecule has 0 radical (unpaired) electrons. The van der Waals surface area contributed by atoms with Crippen LogP contribution in [0.25, 0.3) is 0 Å². The van der Waals surface area contributed by atoms with Crippen molar-refractivity contribution in [2.45, 2.75) is 19.4 Å². The van der Waals surface area contributed by atoms with Crippen LogP contribution >= 0.6 is 0 Å². The first kappa shape index (κ1) is 13.7. The van der Waals surface area contributed by atoms with Crippen molar-refractivity contribution in [3.05, 3.63) is 23.8 Å². The maximum Gasteiger partial charge on any atom is 0.228 e. The van der Waals surface area contributed by atoms with Gasteiger partial charge in [-0.05, 0) is 31.0 Å². The van der Waals surface area contributed by atoms with Crippen LogP contribution in [0.2, 0.25) is 0 Å². The topological polar surface area (TPSA) is 67.8 Å². The van der Waals surface area contributed by atoms with Gasteiger partial charge in [-0.25, -0.2) is 0 Å². The highest BCUT2D eigenvalue weighted by molar-refractivity contribution is 5.85. The van der Waals surface area contributed by atoms with Gasteiger partial charge in [0, 0.05) is 12.1 Å². The maximum absolute atomic E-state index is 11.9. The molecule has 0 bridgehead atoms. The third kappa shape index (κ3) is 2.81. The molecule has 19 heavy (non-hydrogen) atoms. The van der Waals surface area contributed by atoms with Gasteiger partial charge in [0.05, 0.1) is 26.2 Å². The van der Waals surface area contributed by atoms with Gasteiger partial charge in [-0.1, -0.05) is 0 Å². The summed E-state index contributed by atoms with van der Waals surface area (Å²) in [6.45, 7) is 0.273. The fraction of sp³-hybridized carbons (Fsp3) is 0.500. The van der Waals surface area contributed by atoms with Crippen molar-refractivity contribution >= 4 is 5.91 Å². The molecule has 2 N–H and O–H groups in total. The lowest BCUT2D eigenvalue weighted by atomic mass is 10.1. The summed E-state index contributed by atoms with van der Waals surface area (Å²) >= 11 is 0. The number of ether oxygens (including phenoxy) is 2. The summed E-state index contributed by atoms with van der Waals surface area (Å²) in [5, 5.41) is 12.0. The van der Waals surface area contributed by atoms with Crippen LogP contribution in [-0.2, 0) is 11.3 Å². The summed E-state index contributed by atoms with van der Waals surface area (Å²) in [4.78, 5) is 11.9. The first-order chi connectivity index (χ1) is 9.15. The molecule has 0 spiro atoms. The second-order valence-electron chi connectivity index (χ2n) is 4.80. The van der Waals surface area contributed by atoms with E-state index in [1.807, 2.05) is 6.07 Å². The van der Waals surface area contributed by atoms with Crippen LogP contribution < -0.4 is 14.8 Å². The molecule has 5 nitrogen and oxygen atoms in total. The Kier molecular flexibility index (Phi) is 3.95. The van der Waals surface area contributed by atoms with E-state index >= 15 is 0 Å². The van der Waals surface area contributed by atoms with Crippen molar-refractivity contribution in [1.29, 1.82) is 0 Å². The van der Waals surface area contributed by atoms with Gasteiger partial charge in [0.15, 0.2) is 0 Å². The smallest absolute Gasteiger partial charge is 0.228 e. The van der Waals surface area contributed by atoms with Crippen LogP contribution in [0.3, 0.4) is 0 Å². The number of amides is 1. The van der Waals surface area contributed by atoms with E-state index in [1.165, 1.54) is 0 Å². The minimum atomic E-state index is -0.550. The Labute approximate surface area is 112 Å². The molecule has 2 rings (SSSR count). The Hall–Kier alpha value is -1.75. The van der Waals surface area contributed by atoms with Crippen molar-refractivity contribution in [3.8, 4) is 11.5 Å². The molecular formula is C14H19NO4. The number of aliphatic hydroxyl groups is 1. The normalized spacial score (nSPS) is 15.7. The fourth-order valence-electron chi connectivity index (χ4n) is 1.99. The SMILES string of the molecule is COc1ccc(OC)c(CNC(=O)C2(CO)CC2)c1. The van der Waals surface area contributed by atoms with Crippen LogP contribution in [0.5, 0.6) is 11.5 Å². The summed E-state index contributed by atoms with van der Waals surface area (Å²) < 4.78 is 10.4. The number of methoxy groups -OCH3 is 2. The molecule has 5 heteroatoms. The highest BCUT2D eigenvalue weighted by atomic mass is 16.5. The van der Waals surface area contributed by atoms with Crippen molar-refractivity contribution < 1.29 is 19.4 Å². The van der Waals surface area contributed by atoms with E-state index in [0.717, 1.165) is 18.4 Å². The van der Waals surface area contributed by atoms with Gasteiger partial charge in [-0.15, -0.1) is 0 Å². The number of rotatable bonds is 6. The van der Waals surface area contributed by atoms with Crippen LogP contribution in [0.1, 0.15) is 18.4 Å². The van der Waals surface area contributed by atoms with Gasteiger partial charge in [0.2, 0.25) is 5.91 Å². The minimum Gasteiger partial charge on any atom is -0.497 e. The fourth-order valence-corrected chi connectivity index (χ4v) is 1.99. The molecule has 0 unspecified atom stereocenters. The van der Waals surface area contributed by atoms with Crippen molar-refractivity contribution in [3.63, 3.8) is 0 Å². The Morgan fingerprint density at radius 2 is 2.11 bits per heavy atom. The van der Waals surface area contributed by atoms with Gasteiger partial charge >= 0.3 is 0 Å². The zero-order valence-corrected chi connectivity index (χ0v) is 11.2. The van der Waals surface area contributed by atoms with Crippen molar-refractivity contribution in [2.24, 2.45) is 5.41 Å². The summed E-state index contributed by atoms with van der Waals surface area (Å²) in [5.41, 5.74) is 0.301. The third-order valence-corrected chi connectivity index (χ3v) is 3.56. The van der Waals surface area contributed by atoms with E-state index in [1.54, 1.807) is 26.4 Å². The lowest BCUT2D eigenvalue weighted by Gasteiger charge is -2.14. The van der Waals surface area contributed by atoms with Crippen molar-refractivity contribution in [2.75, 3.05) is 20.8 Å². The predicted octanol–water partition coefficient (Wildman–Crippen LogP) is 1.09. The highest BCUT2D eigenvalue weighted by Crippen LogP contribution is 2.45. The predicted molar refractivity (Wildman–Crippen MR) is 70.1 cm³/mol. The number of carbonyl (C=O) groups excluding carboxylic acids is 1. The highest BCUT2D eigenvalue weighted by Gasteiger charge is 2.49. The molecule has 1 saturated carbocycles. The summed E-state index contributed by atoms with van der Waals surface area (Å²) in [6.07, 6.45) is 1.51. The Balaban J connectivity index is 2.04. The second kappa shape index (κ2) is 5.48. The number of benzene rings is 1. The van der Waals surface area contributed by atoms with Crippen LogP contribution in [0.15, 0.2) is 18.2 Å². The molecule has 0 heterocycles. The monoisotopic (exact) mass is 265 g/mol. The number of nitrogens with one attached hydrogen (secondary N) is 1. The van der Waals surface area contributed by atoms with E-state index in [2.05, 4.69) is 5.32 Å². The van der Waals surface area contributed by atoms with Gasteiger partial charge in [-0.3, -0.25) is 4.79 Å². The van der Waals surface area contributed by atoms with Crippen LogP contribution in [0, 0.1) is 5.41 Å². The maximum atomic E-state index is 11.9. The quantitative estimate of drug-likeness (QED) is 0.808. The minimum absolute atomic E-state index is 0.0892. The molecule has 1 aromatic rings. The van der Waals surface area contributed by atoms with E-state index in [9.17, 15) is 9.90 Å². The Morgan fingerprint density at radius 1 is 1.37 bits per heavy atom. The number of carbonyl (C=O) groups is 1. The number of hydrogen-bond donors (Lipinski definition) is 2. The second-order valence-corrected chi connectivity index (χ2v) is 4.80. The lowest BCUT2D eigenvalue weighted by molar-refractivity contribution is -0.127. The number of hydrogen-bond acceptors (Lipinski definition) is 4. The van der Waals surface area contributed by atoms with Crippen LogP contribution in [0.4, 0.5) is 0 Å². The molecule has 104 valence electrons. The largest absolute Gasteiger partial charge is 0.497 e. The molecule has 1 aliphatic rings. The van der Waals surface area contributed by atoms with Crippen molar-refractivity contribution in [1.82, 2.24) is 5.32 Å². The Bertz CT molecular complexity index is 469. The van der Waals surface area contributed by atoms with Gasteiger partial charge in [-0.2, -0.15) is 0 Å². The van der Waals surface area contributed by atoms with E-state index in [-0.39, 0.29) is 12.5 Å². The van der Waals surface area contributed by atoms with Gasteiger partial charge in [0.25, 0.3) is 0 Å². The molecule has 1 aliphatic carbocycles. The van der Waals surface area contributed by atoms with E-state index < -0.39 is 5.41 Å². The van der Waals surface area contributed by atoms with E-state index in [0.29, 0.717) is 18.0 Å². The first-order valence-corrected chi connectivity index (χ1v) is 6.25. The molecule has 0 saturated heterocycles. The molecular weight excluding hydrogens is 246 g/mol. The molecule has 1 amide bonds. The third-order valence-electron chi connectivity index (χ3n) is 3.56. The summed E-state index contributed by atoms with van der Waals surface area (Å²) in [5.74, 6) is 1.32.